The molecule has 0 aliphatic carbocycles. The van der Waals surface area contributed by atoms with Crippen LogP contribution in [0.3, 0.4) is 0 Å². The maximum absolute atomic E-state index is 12.9. The first-order valence-electron chi connectivity index (χ1n) is 19.5. The topological polar surface area (TPSA) is 262 Å². The number of carbonyl (C=O) groups is 7. The summed E-state index contributed by atoms with van der Waals surface area (Å²) in [5.41, 5.74) is 4.31. The first kappa shape index (κ1) is 75.4. The maximum atomic E-state index is 12.9. The molecule has 0 fully saturated rings. The Kier molecular flexibility index (Phi) is 36.3. The minimum absolute atomic E-state index is 0. The Bertz CT molecular complexity index is 2790. The van der Waals surface area contributed by atoms with Crippen LogP contribution in [0.2, 0.25) is 0 Å². The number of amides is 1. The van der Waals surface area contributed by atoms with E-state index in [0.29, 0.717) is 27.4 Å². The SMILES string of the molecule is CC(C)(C)OC(=O)n1cc(C(=O)c2scnc2C(=O)O)c2ccccc21.CON(C)C(=O)c1cn(C(=O)OC(C)(C)C)c2ccccc12.C[CH-]C.O=C(O)c1cscn1.O=C([O-])c1[c-]scn1.[Cl-].[Cl-].[Cl-].[Li+].[Mg+2].[Mg+2]. The molecule has 0 spiro atoms. The van der Waals surface area contributed by atoms with Gasteiger partial charge in [0.15, 0.2) is 11.4 Å². The number of carboxylic acid groups (broad SMARTS) is 3. The number of rotatable bonds is 7. The van der Waals surface area contributed by atoms with Crippen molar-refractivity contribution in [2.24, 2.45) is 0 Å². The average molecular weight is 1140 g/mol. The second-order valence-electron chi connectivity index (χ2n) is 15.3. The molecule has 380 valence electrons. The summed E-state index contributed by atoms with van der Waals surface area (Å²) in [6, 6.07) is 14.0. The van der Waals surface area contributed by atoms with Crippen LogP contribution in [0.1, 0.15) is 112 Å². The average Bonchev–Trinajstić information content (AvgIpc) is 4.12. The molecular formula is C45H47Cl3LiMg2N6O13S3-. The molecule has 0 atom stereocenters. The van der Waals surface area contributed by atoms with E-state index in [1.807, 2.05) is 26.3 Å². The molecule has 7 rings (SSSR count). The monoisotopic (exact) mass is 1140 g/mol. The van der Waals surface area contributed by atoms with Crippen molar-refractivity contribution in [3.8, 4) is 0 Å². The largest absolute Gasteiger partial charge is 2.00 e. The Morgan fingerprint density at radius 1 is 0.726 bits per heavy atom. The summed E-state index contributed by atoms with van der Waals surface area (Å²) in [7, 11) is 2.92. The third kappa shape index (κ3) is 22.7. The molecule has 19 nitrogen and oxygen atoms in total. The number of fused-ring (bicyclic) bond motifs is 2. The third-order valence-corrected chi connectivity index (χ3v) is 9.78. The molecule has 0 saturated carbocycles. The zero-order valence-electron chi connectivity index (χ0n) is 41.5. The van der Waals surface area contributed by atoms with Crippen molar-refractivity contribution in [1.82, 2.24) is 29.1 Å². The van der Waals surface area contributed by atoms with Crippen LogP contribution in [-0.2, 0) is 14.3 Å². The van der Waals surface area contributed by atoms with Gasteiger partial charge >= 0.3 is 89.1 Å². The molecule has 28 heteroatoms. The number of hydrogen-bond acceptors (Lipinski definition) is 17. The molecule has 2 N–H and O–H groups in total. The van der Waals surface area contributed by atoms with Crippen LogP contribution in [-0.4, -0.2) is 153 Å². The van der Waals surface area contributed by atoms with Crippen molar-refractivity contribution in [3.05, 3.63) is 128 Å². The predicted molar refractivity (Wildman–Crippen MR) is 260 cm³/mol. The zero-order valence-corrected chi connectivity index (χ0v) is 49.0. The van der Waals surface area contributed by atoms with E-state index in [1.54, 1.807) is 84.0 Å². The van der Waals surface area contributed by atoms with Gasteiger partial charge in [-0.2, -0.15) is 13.8 Å². The van der Waals surface area contributed by atoms with Gasteiger partial charge in [-0.15, -0.1) is 22.7 Å². The number of carbonyl (C=O) groups excluding carboxylic acids is 5. The van der Waals surface area contributed by atoms with Gasteiger partial charge < -0.3 is 78.2 Å². The van der Waals surface area contributed by atoms with E-state index in [1.165, 1.54) is 68.9 Å². The minimum Gasteiger partial charge on any atom is -1.00 e. The Morgan fingerprint density at radius 3 is 1.55 bits per heavy atom. The predicted octanol–water partition coefficient (Wildman–Crippen LogP) is -4.50. The molecule has 0 bridgehead atoms. The number of carboxylic acids is 3. The van der Waals surface area contributed by atoms with Gasteiger partial charge in [0.05, 0.1) is 34.7 Å². The molecule has 0 saturated heterocycles. The van der Waals surface area contributed by atoms with E-state index in [-0.39, 0.29) is 136 Å². The van der Waals surface area contributed by atoms with Gasteiger partial charge in [-0.1, -0.05) is 41.8 Å². The number of halogens is 3. The van der Waals surface area contributed by atoms with Crippen molar-refractivity contribution >= 4 is 144 Å². The second-order valence-corrected chi connectivity index (χ2v) is 17.5. The van der Waals surface area contributed by atoms with E-state index < -0.39 is 47.1 Å². The molecule has 7 aromatic rings. The summed E-state index contributed by atoms with van der Waals surface area (Å²) < 4.78 is 13.4. The number of aromatic carboxylic acids is 3. The maximum Gasteiger partial charge on any atom is 2.00 e. The van der Waals surface area contributed by atoms with E-state index in [9.17, 15) is 43.8 Å². The summed E-state index contributed by atoms with van der Waals surface area (Å²) in [6.07, 6.45) is 3.72. The van der Waals surface area contributed by atoms with Gasteiger partial charge in [0.2, 0.25) is 5.78 Å². The number of ether oxygens (including phenoxy) is 2. The Labute approximate surface area is 496 Å². The van der Waals surface area contributed by atoms with Crippen molar-refractivity contribution < 1.29 is 119 Å². The van der Waals surface area contributed by atoms with Gasteiger partial charge in [0.25, 0.3) is 5.91 Å². The van der Waals surface area contributed by atoms with E-state index in [4.69, 9.17) is 19.4 Å². The van der Waals surface area contributed by atoms with Gasteiger partial charge in [0, 0.05) is 41.2 Å². The normalized spacial score (nSPS) is 9.78. The molecule has 2 aromatic carbocycles. The fourth-order valence-corrected chi connectivity index (χ4v) is 6.89. The van der Waals surface area contributed by atoms with Crippen LogP contribution in [0.15, 0.2) is 82.8 Å². The standard InChI is InChI=1S/C18H16N2O5S.C16H20N2O4.C4H3NO2S.C4H2NO2S.C3H7.3ClH.Li.2Mg/c1-18(2,3)25-17(24)20-8-11(10-6-4-5-7-12(10)20)14(21)15-13(16(22)23)19-9-26-15;1-16(2,3)22-15(20)18-10-12(14(19)17(4)21-5)11-8-6-7-9-13(11)18;2*6-4(7)3-1-8-2-5-3;1-3-2;;;;;;/h4-9H,1-3H3,(H,22,23);6-10H,1-5H3;1-2H,(H,6,7);2H,(H,6,7);3H,1-2H3;3*1H;;;/q;;;2*-1;;;;+1;2*+2/p-4. The Morgan fingerprint density at radius 2 is 1.19 bits per heavy atom. The summed E-state index contributed by atoms with van der Waals surface area (Å²) in [6.45, 7) is 14.6. The minimum atomic E-state index is -1.27. The number of thiazole rings is 3. The van der Waals surface area contributed by atoms with Gasteiger partial charge in [-0.3, -0.25) is 34.9 Å². The first-order valence-corrected chi connectivity index (χ1v) is 22.2. The second kappa shape index (κ2) is 35.2. The van der Waals surface area contributed by atoms with Crippen LogP contribution in [0.25, 0.3) is 21.8 Å². The fraction of sp³-hybridized carbons (Fsp3) is 0.267. The summed E-state index contributed by atoms with van der Waals surface area (Å²) in [5.74, 6) is -4.34. The van der Waals surface area contributed by atoms with Crippen LogP contribution >= 0.6 is 34.0 Å². The van der Waals surface area contributed by atoms with E-state index in [2.05, 4.69) is 20.3 Å². The van der Waals surface area contributed by atoms with Gasteiger partial charge in [0.1, 0.15) is 16.1 Å². The van der Waals surface area contributed by atoms with Crippen LogP contribution in [0, 0.1) is 11.8 Å². The smallest absolute Gasteiger partial charge is 1.00 e. The Hall–Kier alpha value is -4.14. The number of aromatic nitrogens is 5. The molecule has 5 heterocycles. The molecule has 0 radical (unpaired) electrons. The summed E-state index contributed by atoms with van der Waals surface area (Å²) in [4.78, 5) is 96.8. The van der Waals surface area contributed by atoms with Gasteiger partial charge in [-0.25, -0.2) is 34.2 Å². The van der Waals surface area contributed by atoms with E-state index >= 15 is 0 Å². The molecule has 0 unspecified atom stereocenters. The van der Waals surface area contributed by atoms with Crippen molar-refractivity contribution in [2.75, 3.05) is 14.2 Å². The molecule has 5 aromatic heterocycles. The number of para-hydroxylation sites is 2. The summed E-state index contributed by atoms with van der Waals surface area (Å²) >= 11 is 3.34. The zero-order chi connectivity index (χ0) is 50.2. The Balaban J connectivity index is -0.000000456. The number of benzene rings is 2. The number of hydrogen-bond donors (Lipinski definition) is 2. The fourth-order valence-electron chi connectivity index (χ4n) is 5.17. The molecule has 73 heavy (non-hydrogen) atoms. The number of ketones is 1. The van der Waals surface area contributed by atoms with E-state index in [0.717, 1.165) is 27.7 Å². The number of nitrogens with zero attached hydrogens (tertiary/aromatic N) is 6. The third-order valence-electron chi connectivity index (χ3n) is 7.85. The van der Waals surface area contributed by atoms with Crippen molar-refractivity contribution in [3.63, 3.8) is 0 Å². The van der Waals surface area contributed by atoms with Crippen LogP contribution in [0.5, 0.6) is 0 Å². The molecular weight excluding hydrogens is 1090 g/mol. The quantitative estimate of drug-likeness (QED) is 0.0660. The summed E-state index contributed by atoms with van der Waals surface area (Å²) in [5, 5.41) is 33.5. The van der Waals surface area contributed by atoms with Crippen LogP contribution < -0.4 is 61.2 Å². The van der Waals surface area contributed by atoms with Crippen molar-refractivity contribution in [1.29, 1.82) is 0 Å². The van der Waals surface area contributed by atoms with Gasteiger partial charge in [-0.05, 0) is 70.8 Å². The molecule has 0 aliphatic rings. The van der Waals surface area contributed by atoms with Crippen molar-refractivity contribution in [2.45, 2.75) is 66.6 Å². The molecule has 1 amide bonds. The number of hydroxylamine groups is 2. The van der Waals surface area contributed by atoms with Crippen LogP contribution in [0.4, 0.5) is 9.59 Å². The molecule has 0 aliphatic heterocycles. The first-order chi connectivity index (χ1) is 31.5.